The lowest BCUT2D eigenvalue weighted by Crippen LogP contribution is -2.54. The van der Waals surface area contributed by atoms with Crippen LogP contribution in [0.25, 0.3) is 10.8 Å². The third-order valence-corrected chi connectivity index (χ3v) is 15.0. The molecule has 0 bridgehead atoms. The van der Waals surface area contributed by atoms with Gasteiger partial charge in [-0.2, -0.15) is 0 Å². The molecule has 0 aromatic heterocycles. The van der Waals surface area contributed by atoms with Crippen molar-refractivity contribution in [2.24, 2.45) is 41.2 Å². The fourth-order valence-corrected chi connectivity index (χ4v) is 11.4. The number of hydrogen-bond acceptors (Lipinski definition) is 10. The predicted octanol–water partition coefficient (Wildman–Crippen LogP) is 1.64. The fourth-order valence-electron chi connectivity index (χ4n) is 11.4. The van der Waals surface area contributed by atoms with Crippen LogP contribution < -0.4 is 53.6 Å². The van der Waals surface area contributed by atoms with Crippen LogP contribution in [0.5, 0.6) is 0 Å². The third kappa shape index (κ3) is 15.6. The number of nitrogens with two attached hydrogens (primary N) is 1. The summed E-state index contributed by atoms with van der Waals surface area (Å²) in [5, 5.41) is 30.0. The number of nitrogens with one attached hydrogen (secondary N) is 9. The number of carbonyl (C=O) groups excluding carboxylic acids is 8. The van der Waals surface area contributed by atoms with Crippen molar-refractivity contribution in [1.29, 1.82) is 0 Å². The molecule has 0 spiro atoms. The van der Waals surface area contributed by atoms with Gasteiger partial charge in [-0.3, -0.25) is 38.4 Å². The first-order valence-electron chi connectivity index (χ1n) is 26.4. The van der Waals surface area contributed by atoms with E-state index in [0.29, 0.717) is 71.1 Å². The number of hydrogen-bond donors (Lipinski definition) is 10. The summed E-state index contributed by atoms with van der Waals surface area (Å²) in [5.41, 5.74) is 7.45. The molecule has 2 saturated carbocycles. The molecule has 4 aliphatic rings. The second-order valence-electron chi connectivity index (χ2n) is 21.2. The van der Waals surface area contributed by atoms with Crippen LogP contribution in [0.4, 0.5) is 0 Å². The van der Waals surface area contributed by atoms with Gasteiger partial charge in [0.25, 0.3) is 0 Å². The standard InChI is InChI=1S/C55H76N10O8/c1-32(2)21-38(51(69)64-47-30-58-29-44(47)55(73)65-48-31-57-28-43(48)54(72)61-39(25-49(56)67)23-34-11-5-4-6-12-34)27-59-52(70)41-15-9-18-46(41)63-50(68)26-40(24-35-19-20-36-13-7-8-14-37(36)22-35)62-53(71)42-16-10-17-45(42)60-33(3)66/h4-8,11-14,19-20,22,32,38-48,57-58H,9-10,15-18,21,23-31H2,1-3H3,(H2,56,67)(H,59,70)(H,60,66)(H,61,72)(H,62,71)(H,63,68)(H,64,69)(H,65,73)/t38-,39-,40-,41?,42?,43?,44?,45?,46?,47?,48?/m0/s1. The first kappa shape index (κ1) is 54.4. The highest BCUT2D eigenvalue weighted by molar-refractivity contribution is 5.88. The topological polar surface area (TPSA) is 271 Å². The number of primary amides is 1. The van der Waals surface area contributed by atoms with Crippen molar-refractivity contribution in [2.45, 2.75) is 128 Å². The van der Waals surface area contributed by atoms with Crippen LogP contribution in [0, 0.1) is 35.5 Å². The summed E-state index contributed by atoms with van der Waals surface area (Å²) in [6.07, 6.45) is 5.34. The van der Waals surface area contributed by atoms with E-state index in [1.807, 2.05) is 80.6 Å². The largest absolute Gasteiger partial charge is 0.370 e. The average Bonchev–Trinajstić information content (AvgIpc) is 4.19. The molecule has 2 aliphatic heterocycles. The van der Waals surface area contributed by atoms with E-state index in [0.717, 1.165) is 34.7 Å². The molecule has 11 N–H and O–H groups in total. The van der Waals surface area contributed by atoms with Crippen LogP contribution in [-0.4, -0.2) is 116 Å². The van der Waals surface area contributed by atoms with Crippen LogP contribution in [0.3, 0.4) is 0 Å². The van der Waals surface area contributed by atoms with Gasteiger partial charge in [0.15, 0.2) is 0 Å². The highest BCUT2D eigenvalue weighted by Crippen LogP contribution is 2.29. The zero-order valence-corrected chi connectivity index (χ0v) is 42.5. The van der Waals surface area contributed by atoms with E-state index in [9.17, 15) is 38.4 Å². The van der Waals surface area contributed by atoms with E-state index in [4.69, 9.17) is 5.73 Å². The van der Waals surface area contributed by atoms with Gasteiger partial charge in [0.2, 0.25) is 47.3 Å². The van der Waals surface area contributed by atoms with Gasteiger partial charge in [-0.15, -0.1) is 0 Å². The van der Waals surface area contributed by atoms with Gasteiger partial charge >= 0.3 is 0 Å². The average molecular weight is 1010 g/mol. The summed E-state index contributed by atoms with van der Waals surface area (Å²) < 4.78 is 0. The summed E-state index contributed by atoms with van der Waals surface area (Å²) in [6.45, 7) is 6.91. The Hall–Kier alpha value is -6.40. The summed E-state index contributed by atoms with van der Waals surface area (Å²) in [7, 11) is 0. The number of benzene rings is 3. The minimum atomic E-state index is -0.616. The Bertz CT molecular complexity index is 2440. The second-order valence-corrected chi connectivity index (χ2v) is 21.2. The smallest absolute Gasteiger partial charge is 0.226 e. The molecular formula is C55H76N10O8. The molecule has 2 heterocycles. The fraction of sp³-hybridized carbons (Fsp3) is 0.564. The Morgan fingerprint density at radius 3 is 1.81 bits per heavy atom. The molecular weight excluding hydrogens is 929 g/mol. The SMILES string of the molecule is CC(=O)NC1CCCC1C(=O)N[C@H](CC(=O)NC1CCCC1C(=O)NC[C@H](CC(C)C)C(=O)NC1CNCC1C(=O)NC1CNCC1C(=O)N[C@H](CC(N)=O)Cc1ccccc1)Cc1ccc2ccccc2c1. The third-order valence-electron chi connectivity index (χ3n) is 15.0. The summed E-state index contributed by atoms with van der Waals surface area (Å²) in [5.74, 6) is -4.91. The number of carbonyl (C=O) groups is 8. The van der Waals surface area contributed by atoms with Crippen molar-refractivity contribution in [1.82, 2.24) is 47.9 Å². The van der Waals surface area contributed by atoms with Gasteiger partial charge < -0.3 is 53.6 Å². The molecule has 18 nitrogen and oxygen atoms in total. The number of fused-ring (bicyclic) bond motifs is 1. The Balaban J connectivity index is 0.922. The molecule has 4 fully saturated rings. The number of amides is 8. The maximum Gasteiger partial charge on any atom is 0.226 e. The molecule has 8 unspecified atom stereocenters. The maximum atomic E-state index is 14.0. The molecule has 11 atom stereocenters. The van der Waals surface area contributed by atoms with Crippen LogP contribution in [-0.2, 0) is 51.2 Å². The molecule has 0 radical (unpaired) electrons. The van der Waals surface area contributed by atoms with Crippen molar-refractivity contribution in [3.8, 4) is 0 Å². The lowest BCUT2D eigenvalue weighted by Gasteiger charge is -2.27. The van der Waals surface area contributed by atoms with E-state index in [1.165, 1.54) is 6.92 Å². The number of rotatable bonds is 23. The normalized spacial score (nSPS) is 24.8. The van der Waals surface area contributed by atoms with Gasteiger partial charge in [0.1, 0.15) is 0 Å². The first-order valence-corrected chi connectivity index (χ1v) is 26.4. The van der Waals surface area contributed by atoms with E-state index >= 15 is 0 Å². The Labute approximate surface area is 428 Å². The monoisotopic (exact) mass is 1000 g/mol. The highest BCUT2D eigenvalue weighted by Gasteiger charge is 2.41. The molecule has 3 aromatic rings. The Morgan fingerprint density at radius 1 is 0.575 bits per heavy atom. The van der Waals surface area contributed by atoms with E-state index in [2.05, 4.69) is 53.9 Å². The quantitative estimate of drug-likeness (QED) is 0.0656. The zero-order valence-electron chi connectivity index (χ0n) is 42.5. The molecule has 2 saturated heterocycles. The van der Waals surface area contributed by atoms with Gasteiger partial charge in [-0.25, -0.2) is 0 Å². The molecule has 73 heavy (non-hydrogen) atoms. The molecule has 394 valence electrons. The van der Waals surface area contributed by atoms with Crippen molar-refractivity contribution in [3.63, 3.8) is 0 Å². The van der Waals surface area contributed by atoms with Gasteiger partial charge in [-0.1, -0.05) is 99.5 Å². The minimum Gasteiger partial charge on any atom is -0.370 e. The zero-order chi connectivity index (χ0) is 52.0. The Morgan fingerprint density at radius 2 is 1.15 bits per heavy atom. The lowest BCUT2D eigenvalue weighted by atomic mass is 9.93. The molecule has 3 aromatic carbocycles. The summed E-state index contributed by atoms with van der Waals surface area (Å²) in [4.78, 5) is 107. The van der Waals surface area contributed by atoms with Crippen molar-refractivity contribution in [2.75, 3.05) is 32.7 Å². The lowest BCUT2D eigenvalue weighted by molar-refractivity contribution is -0.130. The maximum absolute atomic E-state index is 14.0. The molecule has 8 amide bonds. The van der Waals surface area contributed by atoms with E-state index in [1.54, 1.807) is 0 Å². The highest BCUT2D eigenvalue weighted by atomic mass is 16.2. The van der Waals surface area contributed by atoms with Crippen LogP contribution in [0.1, 0.15) is 89.7 Å². The minimum absolute atomic E-state index is 0.00587. The van der Waals surface area contributed by atoms with Crippen LogP contribution in [0.15, 0.2) is 72.8 Å². The van der Waals surface area contributed by atoms with Crippen LogP contribution in [0.2, 0.25) is 0 Å². The van der Waals surface area contributed by atoms with Gasteiger partial charge in [0, 0.05) is 76.7 Å². The summed E-state index contributed by atoms with van der Waals surface area (Å²) >= 11 is 0. The van der Waals surface area contributed by atoms with Crippen molar-refractivity contribution in [3.05, 3.63) is 83.9 Å². The van der Waals surface area contributed by atoms with Gasteiger partial charge in [0.05, 0.1) is 41.7 Å². The Kier molecular flexibility index (Phi) is 19.4. The first-order chi connectivity index (χ1) is 35.1. The molecule has 7 rings (SSSR count). The van der Waals surface area contributed by atoms with E-state index in [-0.39, 0.29) is 72.7 Å². The van der Waals surface area contributed by atoms with Crippen molar-refractivity contribution >= 4 is 58.0 Å². The van der Waals surface area contributed by atoms with E-state index < -0.39 is 65.7 Å². The second kappa shape index (κ2) is 26.0. The molecule has 2 aliphatic carbocycles. The van der Waals surface area contributed by atoms with Gasteiger partial charge in [-0.05, 0) is 72.8 Å². The predicted molar refractivity (Wildman–Crippen MR) is 277 cm³/mol. The van der Waals surface area contributed by atoms with Crippen LogP contribution >= 0.6 is 0 Å². The summed E-state index contributed by atoms with van der Waals surface area (Å²) in [6, 6.07) is 20.8. The molecule has 18 heteroatoms. The van der Waals surface area contributed by atoms with Crippen molar-refractivity contribution < 1.29 is 38.4 Å².